The number of halogens is 2. The molecule has 134 valence electrons. The Morgan fingerprint density at radius 3 is 2.70 bits per heavy atom. The van der Waals surface area contributed by atoms with Crippen molar-refractivity contribution in [3.63, 3.8) is 0 Å². The van der Waals surface area contributed by atoms with Gasteiger partial charge in [0.15, 0.2) is 0 Å². The quantitative estimate of drug-likeness (QED) is 0.785. The maximum Gasteiger partial charge on any atom is 0.323 e. The summed E-state index contributed by atoms with van der Waals surface area (Å²) in [5.74, 6) is 1.40. The fourth-order valence-corrected chi connectivity index (χ4v) is 3.03. The van der Waals surface area contributed by atoms with Gasteiger partial charge in [0.1, 0.15) is 12.1 Å². The van der Waals surface area contributed by atoms with E-state index in [1.165, 1.54) is 6.42 Å². The number of aromatic amines is 1. The number of carbonyl (C=O) groups excluding carboxylic acids is 1. The summed E-state index contributed by atoms with van der Waals surface area (Å²) in [6.45, 7) is 6.64. The highest BCUT2D eigenvalue weighted by Crippen LogP contribution is 2.35. The number of carbonyl (C=O) groups is 1. The fourth-order valence-electron chi connectivity index (χ4n) is 3.03. The molecule has 1 saturated carbocycles. The molecular weight excluding hydrogens is 337 g/mol. The highest BCUT2D eigenvalue weighted by Gasteiger charge is 2.32. The molecule has 0 aliphatic heterocycles. The third-order valence-corrected chi connectivity index (χ3v) is 4.67. The summed E-state index contributed by atoms with van der Waals surface area (Å²) in [5.41, 5.74) is 6.80. The maximum atomic E-state index is 12.2. The van der Waals surface area contributed by atoms with Crippen molar-refractivity contribution in [1.29, 1.82) is 0 Å². The van der Waals surface area contributed by atoms with Crippen molar-refractivity contribution in [3.8, 4) is 0 Å². The van der Waals surface area contributed by atoms with E-state index in [1.54, 1.807) is 12.5 Å². The van der Waals surface area contributed by atoms with Crippen LogP contribution in [0, 0.1) is 17.8 Å². The van der Waals surface area contributed by atoms with Crippen molar-refractivity contribution in [2.45, 2.75) is 58.6 Å². The van der Waals surface area contributed by atoms with Gasteiger partial charge in [-0.3, -0.25) is 4.79 Å². The lowest BCUT2D eigenvalue weighted by Gasteiger charge is -2.36. The molecule has 1 fully saturated rings. The van der Waals surface area contributed by atoms with Gasteiger partial charge < -0.3 is 15.5 Å². The molecule has 0 saturated heterocycles. The molecule has 1 aromatic heterocycles. The molecule has 1 aromatic rings. The number of hydrogen-bond donors (Lipinski definition) is 2. The van der Waals surface area contributed by atoms with E-state index in [-0.39, 0.29) is 36.9 Å². The van der Waals surface area contributed by atoms with Gasteiger partial charge in [0.05, 0.1) is 6.33 Å². The minimum absolute atomic E-state index is 0. The van der Waals surface area contributed by atoms with Crippen molar-refractivity contribution in [1.82, 2.24) is 9.97 Å². The van der Waals surface area contributed by atoms with Crippen molar-refractivity contribution < 1.29 is 9.53 Å². The van der Waals surface area contributed by atoms with Gasteiger partial charge >= 0.3 is 5.97 Å². The van der Waals surface area contributed by atoms with Gasteiger partial charge in [0.2, 0.25) is 0 Å². The molecule has 2 rings (SSSR count). The van der Waals surface area contributed by atoms with Crippen LogP contribution in [0.1, 0.15) is 45.7 Å². The average molecular weight is 366 g/mol. The van der Waals surface area contributed by atoms with Gasteiger partial charge in [-0.1, -0.05) is 20.8 Å². The third-order valence-electron chi connectivity index (χ3n) is 4.67. The Morgan fingerprint density at radius 1 is 1.43 bits per heavy atom. The molecule has 1 aliphatic rings. The first-order valence-electron chi connectivity index (χ1n) is 7.90. The van der Waals surface area contributed by atoms with Crippen molar-refractivity contribution in [3.05, 3.63) is 18.2 Å². The molecule has 1 heterocycles. The zero-order valence-corrected chi connectivity index (χ0v) is 15.7. The molecule has 0 radical (unpaired) electrons. The molecule has 23 heavy (non-hydrogen) atoms. The molecule has 0 aromatic carbocycles. The van der Waals surface area contributed by atoms with E-state index in [4.69, 9.17) is 10.5 Å². The standard InChI is InChI=1S/C16H27N3O2.2ClH/c1-10(2)12-5-4-11(3)15(6-12)21-16(20)14(17)7-13-8-18-9-19-13;;/h8-12,14-15H,4-7,17H2,1-3H3,(H,18,19);2*1H/t11?,12?,14-,15?;;/m0../s1. The van der Waals surface area contributed by atoms with E-state index in [2.05, 4.69) is 30.7 Å². The van der Waals surface area contributed by atoms with E-state index in [9.17, 15) is 4.79 Å². The van der Waals surface area contributed by atoms with Crippen molar-refractivity contribution in [2.75, 3.05) is 0 Å². The second-order valence-electron chi connectivity index (χ2n) is 6.66. The normalized spacial score (nSPS) is 25.2. The summed E-state index contributed by atoms with van der Waals surface area (Å²) >= 11 is 0. The monoisotopic (exact) mass is 365 g/mol. The van der Waals surface area contributed by atoms with E-state index in [1.807, 2.05) is 0 Å². The average Bonchev–Trinajstić information content (AvgIpc) is 2.93. The first kappa shape index (κ1) is 22.2. The molecule has 3 unspecified atom stereocenters. The van der Waals surface area contributed by atoms with Gasteiger partial charge in [-0.25, -0.2) is 4.98 Å². The van der Waals surface area contributed by atoms with Crippen LogP contribution in [-0.4, -0.2) is 28.1 Å². The van der Waals surface area contributed by atoms with E-state index < -0.39 is 6.04 Å². The van der Waals surface area contributed by atoms with Gasteiger partial charge in [-0.05, 0) is 37.0 Å². The van der Waals surface area contributed by atoms with Crippen LogP contribution in [0.25, 0.3) is 0 Å². The lowest BCUT2D eigenvalue weighted by Crippen LogP contribution is -2.40. The Morgan fingerprint density at radius 2 is 2.13 bits per heavy atom. The number of nitrogens with zero attached hydrogens (tertiary/aromatic N) is 1. The number of H-pyrrole nitrogens is 1. The number of hydrogen-bond acceptors (Lipinski definition) is 4. The molecule has 3 N–H and O–H groups in total. The fraction of sp³-hybridized carbons (Fsp3) is 0.750. The molecule has 1 aliphatic carbocycles. The van der Waals surface area contributed by atoms with Crippen LogP contribution in [0.2, 0.25) is 0 Å². The first-order chi connectivity index (χ1) is 9.97. The van der Waals surface area contributed by atoms with Crippen LogP contribution in [-0.2, 0) is 16.0 Å². The summed E-state index contributed by atoms with van der Waals surface area (Å²) in [4.78, 5) is 19.1. The largest absolute Gasteiger partial charge is 0.461 e. The van der Waals surface area contributed by atoms with Crippen LogP contribution in [0.15, 0.2) is 12.5 Å². The lowest BCUT2D eigenvalue weighted by atomic mass is 9.76. The molecule has 0 bridgehead atoms. The van der Waals surface area contributed by atoms with Crippen LogP contribution in [0.3, 0.4) is 0 Å². The van der Waals surface area contributed by atoms with Crippen LogP contribution < -0.4 is 5.73 Å². The smallest absolute Gasteiger partial charge is 0.323 e. The topological polar surface area (TPSA) is 81.0 Å². The molecule has 0 spiro atoms. The second-order valence-corrected chi connectivity index (χ2v) is 6.66. The SMILES string of the molecule is CC(C)C1CCC(C)C(OC(=O)[C@@H](N)Cc2cnc[nH]2)C1.Cl.Cl. The summed E-state index contributed by atoms with van der Waals surface area (Å²) in [5, 5.41) is 0. The molecule has 7 heteroatoms. The highest BCUT2D eigenvalue weighted by atomic mass is 35.5. The first-order valence-corrected chi connectivity index (χ1v) is 7.90. The van der Waals surface area contributed by atoms with Crippen molar-refractivity contribution in [2.24, 2.45) is 23.5 Å². The van der Waals surface area contributed by atoms with E-state index in [0.717, 1.165) is 18.5 Å². The number of nitrogens with two attached hydrogens (primary N) is 1. The van der Waals surface area contributed by atoms with Crippen LogP contribution in [0.4, 0.5) is 0 Å². The number of ether oxygens (including phenoxy) is 1. The Balaban J connectivity index is 0.00000242. The van der Waals surface area contributed by atoms with Gasteiger partial charge in [0, 0.05) is 18.3 Å². The predicted molar refractivity (Wildman–Crippen MR) is 96.0 cm³/mol. The summed E-state index contributed by atoms with van der Waals surface area (Å²) in [6.07, 6.45) is 7.03. The number of nitrogens with one attached hydrogen (secondary N) is 1. The Hall–Kier alpha value is -0.780. The van der Waals surface area contributed by atoms with Gasteiger partial charge in [-0.2, -0.15) is 0 Å². The second kappa shape index (κ2) is 10.2. The van der Waals surface area contributed by atoms with E-state index in [0.29, 0.717) is 24.2 Å². The van der Waals surface area contributed by atoms with Crippen molar-refractivity contribution >= 4 is 30.8 Å². The molecular formula is C16H29Cl2N3O2. The Bertz CT molecular complexity index is 454. The minimum atomic E-state index is -0.628. The van der Waals surface area contributed by atoms with Gasteiger partial charge in [0.25, 0.3) is 0 Å². The molecule has 0 amide bonds. The number of esters is 1. The maximum absolute atomic E-state index is 12.2. The van der Waals surface area contributed by atoms with Crippen LogP contribution in [0.5, 0.6) is 0 Å². The minimum Gasteiger partial charge on any atom is -0.461 e. The van der Waals surface area contributed by atoms with Crippen LogP contribution >= 0.6 is 24.8 Å². The molecule has 4 atom stereocenters. The number of imidazole rings is 1. The Kier molecular flexibility index (Phi) is 9.82. The lowest BCUT2D eigenvalue weighted by molar-refractivity contribution is -0.156. The zero-order chi connectivity index (χ0) is 15.4. The van der Waals surface area contributed by atoms with Gasteiger partial charge in [-0.15, -0.1) is 24.8 Å². The number of rotatable bonds is 5. The van der Waals surface area contributed by atoms with E-state index >= 15 is 0 Å². The summed E-state index contributed by atoms with van der Waals surface area (Å²) in [6, 6.07) is -0.628. The highest BCUT2D eigenvalue weighted by molar-refractivity contribution is 5.85. The summed E-state index contributed by atoms with van der Waals surface area (Å²) in [7, 11) is 0. The zero-order valence-electron chi connectivity index (χ0n) is 14.0. The molecule has 5 nitrogen and oxygen atoms in total. The predicted octanol–water partition coefficient (Wildman–Crippen LogP) is 3.13. The Labute approximate surface area is 151 Å². The third kappa shape index (κ3) is 6.32. The summed E-state index contributed by atoms with van der Waals surface area (Å²) < 4.78 is 5.70. The number of aromatic nitrogens is 2.